The van der Waals surface area contributed by atoms with Crippen LogP contribution in [0.4, 0.5) is 0 Å². The third-order valence-corrected chi connectivity index (χ3v) is 3.09. The van der Waals surface area contributed by atoms with E-state index in [9.17, 15) is 10.1 Å². The average Bonchev–Trinajstić information content (AvgIpc) is 2.80. The number of hydrogen-bond donors (Lipinski definition) is 0. The van der Waals surface area contributed by atoms with Gasteiger partial charge in [0.1, 0.15) is 11.8 Å². The zero-order valence-electron chi connectivity index (χ0n) is 9.63. The minimum atomic E-state index is 0.0995. The molecule has 0 aromatic carbocycles. The fourth-order valence-corrected chi connectivity index (χ4v) is 2.31. The summed E-state index contributed by atoms with van der Waals surface area (Å²) in [4.78, 5) is 20.1. The van der Waals surface area contributed by atoms with Crippen LogP contribution >= 0.6 is 0 Å². The Balaban J connectivity index is 2.26. The molecule has 0 saturated heterocycles. The summed E-state index contributed by atoms with van der Waals surface area (Å²) in [6.45, 7) is 0. The van der Waals surface area contributed by atoms with E-state index in [0.29, 0.717) is 23.6 Å². The molecular weight excluding hydrogens is 228 g/mol. The lowest BCUT2D eigenvalue weighted by atomic mass is 9.97. The van der Waals surface area contributed by atoms with E-state index in [1.807, 2.05) is 0 Å². The molecule has 0 atom stereocenters. The van der Waals surface area contributed by atoms with Gasteiger partial charge < -0.3 is 0 Å². The van der Waals surface area contributed by atoms with E-state index in [-0.39, 0.29) is 5.78 Å². The van der Waals surface area contributed by atoms with Crippen LogP contribution in [-0.2, 0) is 6.42 Å². The second kappa shape index (κ2) is 4.08. The van der Waals surface area contributed by atoms with Gasteiger partial charge in [0.2, 0.25) is 5.95 Å². The number of aromatic nitrogens is 3. The zero-order chi connectivity index (χ0) is 12.5. The van der Waals surface area contributed by atoms with Gasteiger partial charge in [-0.1, -0.05) is 0 Å². The van der Waals surface area contributed by atoms with Crippen LogP contribution in [0, 0.1) is 11.3 Å². The van der Waals surface area contributed by atoms with Crippen LogP contribution in [0.5, 0.6) is 0 Å². The number of nitrogens with zero attached hydrogens (tertiary/aromatic N) is 4. The molecule has 0 fully saturated rings. The number of carbonyl (C=O) groups excluding carboxylic acids is 1. The number of Topliss-reactive ketones (excluding diaryl/α,β-unsaturated/α-hetero) is 1. The van der Waals surface area contributed by atoms with Crippen molar-refractivity contribution in [2.24, 2.45) is 0 Å². The van der Waals surface area contributed by atoms with Crippen molar-refractivity contribution in [3.05, 3.63) is 41.5 Å². The highest BCUT2D eigenvalue weighted by Crippen LogP contribution is 2.26. The maximum absolute atomic E-state index is 11.8. The van der Waals surface area contributed by atoms with Crippen molar-refractivity contribution in [2.75, 3.05) is 0 Å². The lowest BCUT2D eigenvalue weighted by molar-refractivity contribution is 0.0972. The van der Waals surface area contributed by atoms with Crippen LogP contribution in [0.2, 0.25) is 0 Å². The first kappa shape index (κ1) is 10.7. The van der Waals surface area contributed by atoms with Gasteiger partial charge >= 0.3 is 0 Å². The van der Waals surface area contributed by atoms with Gasteiger partial charge in [0.25, 0.3) is 0 Å². The van der Waals surface area contributed by atoms with Gasteiger partial charge in [0.05, 0.1) is 0 Å². The first-order valence-corrected chi connectivity index (χ1v) is 5.76. The smallest absolute Gasteiger partial charge is 0.234 e. The molecule has 2 aromatic heterocycles. The van der Waals surface area contributed by atoms with Crippen molar-refractivity contribution < 1.29 is 4.79 Å². The summed E-state index contributed by atoms with van der Waals surface area (Å²) in [5.74, 6) is 0.549. The summed E-state index contributed by atoms with van der Waals surface area (Å²) in [6, 6.07) is 5.47. The van der Waals surface area contributed by atoms with Gasteiger partial charge in [-0.15, -0.1) is 0 Å². The van der Waals surface area contributed by atoms with Crippen molar-refractivity contribution in [3.63, 3.8) is 0 Å². The summed E-state index contributed by atoms with van der Waals surface area (Å²) >= 11 is 0. The quantitative estimate of drug-likeness (QED) is 0.757. The largest absolute Gasteiger partial charge is 0.294 e. The normalized spacial score (nSPS) is 14.1. The molecule has 2 aromatic rings. The van der Waals surface area contributed by atoms with E-state index < -0.39 is 0 Å². The maximum atomic E-state index is 11.8. The van der Waals surface area contributed by atoms with Gasteiger partial charge in [-0.3, -0.25) is 9.36 Å². The fourth-order valence-electron chi connectivity index (χ4n) is 2.31. The number of ketones is 1. The van der Waals surface area contributed by atoms with Crippen LogP contribution in [0.3, 0.4) is 0 Å². The third-order valence-electron chi connectivity index (χ3n) is 3.09. The van der Waals surface area contributed by atoms with Crippen molar-refractivity contribution in [1.82, 2.24) is 14.5 Å². The van der Waals surface area contributed by atoms with Crippen LogP contribution in [-0.4, -0.2) is 20.3 Å². The summed E-state index contributed by atoms with van der Waals surface area (Å²) in [5.41, 5.74) is 1.92. The Hall–Kier alpha value is -2.48. The molecule has 0 radical (unpaired) electrons. The summed E-state index contributed by atoms with van der Waals surface area (Å²) in [5, 5.41) is 9.18. The Kier molecular flexibility index (Phi) is 2.41. The van der Waals surface area contributed by atoms with Crippen molar-refractivity contribution in [2.45, 2.75) is 19.3 Å². The molecule has 2 heterocycles. The molecule has 0 amide bonds. The van der Waals surface area contributed by atoms with Gasteiger partial charge in [-0.25, -0.2) is 9.97 Å². The highest BCUT2D eigenvalue weighted by molar-refractivity contribution is 5.98. The molecule has 0 spiro atoms. The summed E-state index contributed by atoms with van der Waals surface area (Å²) in [6.07, 6.45) is 5.40. The third kappa shape index (κ3) is 1.51. The van der Waals surface area contributed by atoms with E-state index in [1.54, 1.807) is 29.1 Å². The van der Waals surface area contributed by atoms with Crippen LogP contribution < -0.4 is 0 Å². The van der Waals surface area contributed by atoms with Crippen molar-refractivity contribution >= 4 is 5.78 Å². The van der Waals surface area contributed by atoms with Gasteiger partial charge in [0.15, 0.2) is 5.78 Å². The number of fused-ring (bicyclic) bond motifs is 1. The lowest BCUT2D eigenvalue weighted by Gasteiger charge is -2.13. The SMILES string of the molecule is N#Cc1cc2c(n1-c1ncccn1)CCCC2=O. The molecule has 1 aliphatic carbocycles. The summed E-state index contributed by atoms with van der Waals surface area (Å²) in [7, 11) is 0. The Labute approximate surface area is 104 Å². The molecule has 0 saturated carbocycles. The first-order valence-electron chi connectivity index (χ1n) is 5.76. The first-order chi connectivity index (χ1) is 8.81. The fraction of sp³-hybridized carbons (Fsp3) is 0.231. The van der Waals surface area contributed by atoms with E-state index in [2.05, 4.69) is 16.0 Å². The molecule has 0 N–H and O–H groups in total. The van der Waals surface area contributed by atoms with Crippen LogP contribution in [0.25, 0.3) is 5.95 Å². The van der Waals surface area contributed by atoms with E-state index in [1.165, 1.54) is 0 Å². The molecular formula is C13H10N4O. The predicted molar refractivity (Wildman–Crippen MR) is 63.3 cm³/mol. The number of hydrogen-bond acceptors (Lipinski definition) is 4. The maximum Gasteiger partial charge on any atom is 0.234 e. The minimum absolute atomic E-state index is 0.0995. The molecule has 5 nitrogen and oxygen atoms in total. The second-order valence-electron chi connectivity index (χ2n) is 4.16. The standard InChI is InChI=1S/C13H10N4O/c14-8-9-7-10-11(3-1-4-12(10)18)17(9)13-15-5-2-6-16-13/h2,5-7H,1,3-4H2. The second-order valence-corrected chi connectivity index (χ2v) is 4.16. The topological polar surface area (TPSA) is 71.6 Å². The lowest BCUT2D eigenvalue weighted by Crippen LogP contribution is -2.14. The van der Waals surface area contributed by atoms with Gasteiger partial charge in [-0.2, -0.15) is 5.26 Å². The Bertz CT molecular complexity index is 652. The summed E-state index contributed by atoms with van der Waals surface area (Å²) < 4.78 is 1.69. The van der Waals surface area contributed by atoms with E-state index in [0.717, 1.165) is 18.5 Å². The van der Waals surface area contributed by atoms with Crippen molar-refractivity contribution in [1.29, 1.82) is 5.26 Å². The number of carbonyl (C=O) groups is 1. The Morgan fingerprint density at radius 1 is 1.28 bits per heavy atom. The highest BCUT2D eigenvalue weighted by Gasteiger charge is 2.25. The molecule has 18 heavy (non-hydrogen) atoms. The van der Waals surface area contributed by atoms with E-state index in [4.69, 9.17) is 0 Å². The average molecular weight is 238 g/mol. The number of nitriles is 1. The molecule has 0 unspecified atom stereocenters. The molecule has 0 bridgehead atoms. The number of rotatable bonds is 1. The van der Waals surface area contributed by atoms with Gasteiger partial charge in [-0.05, 0) is 25.0 Å². The minimum Gasteiger partial charge on any atom is -0.294 e. The molecule has 88 valence electrons. The molecule has 3 rings (SSSR count). The highest BCUT2D eigenvalue weighted by atomic mass is 16.1. The van der Waals surface area contributed by atoms with Crippen LogP contribution in [0.15, 0.2) is 24.5 Å². The van der Waals surface area contributed by atoms with Crippen molar-refractivity contribution in [3.8, 4) is 12.0 Å². The zero-order valence-corrected chi connectivity index (χ0v) is 9.63. The monoisotopic (exact) mass is 238 g/mol. The molecule has 0 aliphatic heterocycles. The van der Waals surface area contributed by atoms with Gasteiger partial charge in [0, 0.05) is 30.1 Å². The van der Waals surface area contributed by atoms with E-state index >= 15 is 0 Å². The molecule has 5 heteroatoms. The Morgan fingerprint density at radius 3 is 2.78 bits per heavy atom. The molecule has 1 aliphatic rings. The van der Waals surface area contributed by atoms with Crippen LogP contribution in [0.1, 0.15) is 34.6 Å². The Morgan fingerprint density at radius 2 is 2.06 bits per heavy atom. The predicted octanol–water partition coefficient (Wildman–Crippen LogP) is 1.66.